The average molecular weight is 326 g/mol. The van der Waals surface area contributed by atoms with Crippen LogP contribution in [0.1, 0.15) is 40.5 Å². The van der Waals surface area contributed by atoms with Gasteiger partial charge in [0.1, 0.15) is 0 Å². The summed E-state index contributed by atoms with van der Waals surface area (Å²) in [5, 5.41) is 0.328. The summed E-state index contributed by atoms with van der Waals surface area (Å²) in [7, 11) is 3.36. The van der Waals surface area contributed by atoms with Gasteiger partial charge in [-0.3, -0.25) is 14.5 Å². The Kier molecular flexibility index (Phi) is 3.72. The second-order valence-electron chi connectivity index (χ2n) is 6.06. The molecule has 2 aliphatic heterocycles. The molecule has 0 unspecified atom stereocenters. The van der Waals surface area contributed by atoms with Crippen molar-refractivity contribution >= 4 is 35.2 Å². The lowest BCUT2D eigenvalue weighted by Gasteiger charge is -2.43. The third-order valence-electron chi connectivity index (χ3n) is 5.06. The van der Waals surface area contributed by atoms with E-state index in [1.807, 2.05) is 13.8 Å². The van der Waals surface area contributed by atoms with E-state index in [0.29, 0.717) is 18.0 Å². The number of amides is 4. The number of urea groups is 1. The van der Waals surface area contributed by atoms with E-state index in [1.165, 1.54) is 16.7 Å². The van der Waals surface area contributed by atoms with Gasteiger partial charge in [-0.25, -0.2) is 9.69 Å². The Balaban J connectivity index is 2.69. The zero-order chi connectivity index (χ0) is 17.0. The molecule has 2 fully saturated rings. The molecular weight excluding hydrogens is 304 g/mol. The summed E-state index contributed by atoms with van der Waals surface area (Å²) in [6, 6.07) is -0.429. The Morgan fingerprint density at radius 1 is 1.09 bits per heavy atom. The van der Waals surface area contributed by atoms with Crippen LogP contribution in [0.2, 0.25) is 0 Å². The molecule has 0 aromatic heterocycles. The van der Waals surface area contributed by atoms with Gasteiger partial charge in [0.2, 0.25) is 11.8 Å². The van der Waals surface area contributed by atoms with Gasteiger partial charge in [0.05, 0.1) is 0 Å². The van der Waals surface area contributed by atoms with Crippen LogP contribution in [0.15, 0.2) is 0 Å². The maximum absolute atomic E-state index is 12.6. The van der Waals surface area contributed by atoms with Crippen LogP contribution in [0, 0.1) is 0 Å². The fourth-order valence-electron chi connectivity index (χ4n) is 3.55. The number of rotatable bonds is 2. The topological polar surface area (TPSA) is 64.2 Å². The van der Waals surface area contributed by atoms with Crippen molar-refractivity contribution in [2.45, 2.75) is 51.9 Å². The fourth-order valence-corrected chi connectivity index (χ4v) is 4.00. The number of carbonyl (C=O) groups excluding carboxylic acids is 3. The molecule has 2 saturated heterocycles. The van der Waals surface area contributed by atoms with Gasteiger partial charge in [-0.05, 0) is 32.5 Å². The number of thiocarbonyl (C=S) groups is 1. The minimum atomic E-state index is -1.16. The van der Waals surface area contributed by atoms with Crippen molar-refractivity contribution in [1.82, 2.24) is 19.6 Å². The van der Waals surface area contributed by atoms with Crippen molar-refractivity contribution in [3.63, 3.8) is 0 Å². The zero-order valence-corrected chi connectivity index (χ0v) is 14.7. The number of imide groups is 1. The van der Waals surface area contributed by atoms with E-state index in [4.69, 9.17) is 12.2 Å². The lowest BCUT2D eigenvalue weighted by atomic mass is 9.95. The molecule has 4 amide bonds. The van der Waals surface area contributed by atoms with Crippen LogP contribution in [0.3, 0.4) is 0 Å². The van der Waals surface area contributed by atoms with Gasteiger partial charge in [-0.1, -0.05) is 6.92 Å². The Labute approximate surface area is 135 Å². The molecule has 0 radical (unpaired) electrons. The molecule has 0 aliphatic carbocycles. The molecule has 2 aliphatic rings. The number of nitrogens with zero attached hydrogens (tertiary/aromatic N) is 4. The van der Waals surface area contributed by atoms with E-state index < -0.39 is 23.3 Å². The quantitative estimate of drug-likeness (QED) is 0.713. The second-order valence-corrected chi connectivity index (χ2v) is 6.42. The number of hydrogen-bond donors (Lipinski definition) is 0. The minimum Gasteiger partial charge on any atom is -0.325 e. The molecule has 0 saturated carbocycles. The first-order valence-electron chi connectivity index (χ1n) is 7.26. The van der Waals surface area contributed by atoms with Gasteiger partial charge in [-0.15, -0.1) is 0 Å². The highest BCUT2D eigenvalue weighted by Crippen LogP contribution is 2.50. The Bertz CT molecular complexity index is 580. The summed E-state index contributed by atoms with van der Waals surface area (Å²) in [5.41, 5.74) is -2.07. The summed E-state index contributed by atoms with van der Waals surface area (Å²) < 4.78 is 0. The largest absolute Gasteiger partial charge is 0.330 e. The van der Waals surface area contributed by atoms with E-state index in [9.17, 15) is 14.4 Å². The van der Waals surface area contributed by atoms with E-state index >= 15 is 0 Å². The van der Waals surface area contributed by atoms with Crippen molar-refractivity contribution in [2.75, 3.05) is 14.1 Å². The molecule has 7 nitrogen and oxygen atoms in total. The summed E-state index contributed by atoms with van der Waals surface area (Å²) >= 11 is 5.44. The van der Waals surface area contributed by atoms with E-state index in [0.717, 1.165) is 4.90 Å². The molecule has 0 N–H and O–H groups in total. The Hall–Kier alpha value is -1.70. The third kappa shape index (κ3) is 1.61. The highest BCUT2D eigenvalue weighted by molar-refractivity contribution is 7.80. The van der Waals surface area contributed by atoms with Crippen molar-refractivity contribution in [1.29, 1.82) is 0 Å². The monoisotopic (exact) mass is 326 g/mol. The molecule has 2 heterocycles. The average Bonchev–Trinajstić information content (AvgIpc) is 2.67. The van der Waals surface area contributed by atoms with E-state index in [1.54, 1.807) is 25.9 Å². The lowest BCUT2D eigenvalue weighted by Crippen LogP contribution is -2.65. The van der Waals surface area contributed by atoms with Crippen LogP contribution in [0.25, 0.3) is 0 Å². The predicted molar refractivity (Wildman–Crippen MR) is 84.6 cm³/mol. The smallest absolute Gasteiger partial charge is 0.325 e. The number of likely N-dealkylation sites (N-methyl/N-ethyl adjacent to an activating group) is 2. The molecular formula is C14H22N4O3S. The van der Waals surface area contributed by atoms with Gasteiger partial charge >= 0.3 is 6.03 Å². The summed E-state index contributed by atoms with van der Waals surface area (Å²) in [6.07, 6.45) is 0.974. The summed E-state index contributed by atoms with van der Waals surface area (Å²) in [5.74, 6) is -0.588. The van der Waals surface area contributed by atoms with Crippen molar-refractivity contribution in [3.8, 4) is 0 Å². The first-order chi connectivity index (χ1) is 10.1. The van der Waals surface area contributed by atoms with Gasteiger partial charge in [0.25, 0.3) is 0 Å². The van der Waals surface area contributed by atoms with Crippen LogP contribution in [0.4, 0.5) is 4.79 Å². The zero-order valence-electron chi connectivity index (χ0n) is 13.8. The van der Waals surface area contributed by atoms with Crippen LogP contribution >= 0.6 is 12.2 Å². The molecule has 22 heavy (non-hydrogen) atoms. The molecule has 0 aromatic rings. The summed E-state index contributed by atoms with van der Waals surface area (Å²) in [6.45, 7) is 6.77. The molecule has 0 aromatic carbocycles. The first-order valence-corrected chi connectivity index (χ1v) is 7.67. The minimum absolute atomic E-state index is 0.181. The molecule has 2 rings (SSSR count). The van der Waals surface area contributed by atoms with Gasteiger partial charge in [-0.2, -0.15) is 0 Å². The van der Waals surface area contributed by atoms with Gasteiger partial charge in [0.15, 0.2) is 16.4 Å². The molecule has 122 valence electrons. The van der Waals surface area contributed by atoms with Crippen molar-refractivity contribution in [3.05, 3.63) is 0 Å². The van der Waals surface area contributed by atoms with Crippen LogP contribution < -0.4 is 0 Å². The highest BCUT2D eigenvalue weighted by atomic mass is 32.1. The third-order valence-corrected chi connectivity index (χ3v) is 5.52. The maximum atomic E-state index is 12.6. The normalized spacial score (nSPS) is 31.2. The first kappa shape index (κ1) is 16.7. The second kappa shape index (κ2) is 4.91. The SMILES string of the molecule is CCCC(=O)N1C(=S)N(C)[C@@]2(C)N(C)C(=O)N(C(C)=O)[C@@]12C. The van der Waals surface area contributed by atoms with Gasteiger partial charge in [0, 0.05) is 27.4 Å². The number of hydrogen-bond acceptors (Lipinski definition) is 4. The highest BCUT2D eigenvalue weighted by Gasteiger charge is 2.73. The van der Waals surface area contributed by atoms with Crippen molar-refractivity contribution < 1.29 is 14.4 Å². The van der Waals surface area contributed by atoms with E-state index in [-0.39, 0.29) is 5.91 Å². The molecule has 2 atom stereocenters. The van der Waals surface area contributed by atoms with Crippen molar-refractivity contribution in [2.24, 2.45) is 0 Å². The Morgan fingerprint density at radius 3 is 2.09 bits per heavy atom. The van der Waals surface area contributed by atoms with Gasteiger partial charge < -0.3 is 9.80 Å². The molecule has 0 spiro atoms. The van der Waals surface area contributed by atoms with Crippen LogP contribution in [0.5, 0.6) is 0 Å². The number of carbonyl (C=O) groups is 3. The predicted octanol–water partition coefficient (Wildman–Crippen LogP) is 1.19. The summed E-state index contributed by atoms with van der Waals surface area (Å²) in [4.78, 5) is 43.1. The molecule has 0 bridgehead atoms. The van der Waals surface area contributed by atoms with Crippen LogP contribution in [-0.4, -0.2) is 68.0 Å². The van der Waals surface area contributed by atoms with Crippen LogP contribution in [-0.2, 0) is 9.59 Å². The number of fused-ring (bicyclic) bond motifs is 1. The standard InChI is InChI=1S/C14H22N4O3S/c1-7-8-10(20)18-12(22)16(6)13(3)14(18,4)17(9(2)19)11(21)15(13)5/h7-8H2,1-6H3/t13-,14+/m1/s1. The molecule has 8 heteroatoms. The van der Waals surface area contributed by atoms with E-state index in [2.05, 4.69) is 0 Å². The fraction of sp³-hybridized carbons (Fsp3) is 0.714. The Morgan fingerprint density at radius 2 is 1.64 bits per heavy atom. The maximum Gasteiger partial charge on any atom is 0.330 e. The lowest BCUT2D eigenvalue weighted by molar-refractivity contribution is -0.145.